The van der Waals surface area contributed by atoms with Crippen molar-refractivity contribution < 1.29 is 19.1 Å². The molecule has 0 fully saturated rings. The van der Waals surface area contributed by atoms with Crippen molar-refractivity contribution >= 4 is 56.8 Å². The van der Waals surface area contributed by atoms with Crippen LogP contribution in [0.1, 0.15) is 22.3 Å². The largest absolute Gasteiger partial charge is 0.385 e. The van der Waals surface area contributed by atoms with Gasteiger partial charge in [0, 0.05) is 46.6 Å². The molecule has 9 heteroatoms. The van der Waals surface area contributed by atoms with Gasteiger partial charge in [-0.25, -0.2) is 0 Å². The summed E-state index contributed by atoms with van der Waals surface area (Å²) in [6, 6.07) is 21.9. The third-order valence-corrected chi connectivity index (χ3v) is 7.20. The zero-order valence-electron chi connectivity index (χ0n) is 20.4. The first-order valence-electron chi connectivity index (χ1n) is 11.6. The molecule has 7 nitrogen and oxygen atoms in total. The van der Waals surface area contributed by atoms with E-state index >= 15 is 0 Å². The molecular weight excluding hydrogens is 554 g/mol. The van der Waals surface area contributed by atoms with Crippen molar-refractivity contribution in [3.8, 4) is 0 Å². The SMILES string of the molecule is COCCCN1C(=O)C(Nc2ccc(C)cc2)=C(Sc2cccc(NC(=O)c3ccc(Br)cc3)c2)C1=O. The van der Waals surface area contributed by atoms with Crippen molar-refractivity contribution in [3.05, 3.63) is 99.0 Å². The summed E-state index contributed by atoms with van der Waals surface area (Å²) in [6.45, 7) is 2.69. The summed E-state index contributed by atoms with van der Waals surface area (Å²) in [4.78, 5) is 41.5. The highest BCUT2D eigenvalue weighted by atomic mass is 79.9. The first kappa shape index (κ1) is 26.7. The molecule has 0 spiro atoms. The molecule has 0 atom stereocenters. The van der Waals surface area contributed by atoms with Crippen molar-refractivity contribution in [2.45, 2.75) is 18.2 Å². The molecule has 2 N–H and O–H groups in total. The van der Waals surface area contributed by atoms with Crippen molar-refractivity contribution in [3.63, 3.8) is 0 Å². The van der Waals surface area contributed by atoms with Gasteiger partial charge in [0.15, 0.2) is 0 Å². The number of amides is 3. The topological polar surface area (TPSA) is 87.7 Å². The lowest BCUT2D eigenvalue weighted by Crippen LogP contribution is -2.33. The summed E-state index contributed by atoms with van der Waals surface area (Å²) in [5.41, 5.74) is 3.15. The number of nitrogens with one attached hydrogen (secondary N) is 2. The maximum absolute atomic E-state index is 13.3. The number of nitrogens with zero attached hydrogens (tertiary/aromatic N) is 1. The number of hydrogen-bond donors (Lipinski definition) is 2. The second-order valence-corrected chi connectivity index (χ2v) is 10.4. The average Bonchev–Trinajstić information content (AvgIpc) is 3.10. The minimum atomic E-state index is -0.371. The Balaban J connectivity index is 1.57. The Labute approximate surface area is 228 Å². The second-order valence-electron chi connectivity index (χ2n) is 8.39. The van der Waals surface area contributed by atoms with Gasteiger partial charge in [-0.1, -0.05) is 51.5 Å². The molecule has 37 heavy (non-hydrogen) atoms. The van der Waals surface area contributed by atoms with E-state index < -0.39 is 0 Å². The quantitative estimate of drug-likeness (QED) is 0.232. The van der Waals surface area contributed by atoms with Gasteiger partial charge in [-0.3, -0.25) is 19.3 Å². The number of aryl methyl sites for hydroxylation is 1. The highest BCUT2D eigenvalue weighted by molar-refractivity contribution is 9.10. The molecule has 0 radical (unpaired) electrons. The Morgan fingerprint density at radius 3 is 2.41 bits per heavy atom. The highest BCUT2D eigenvalue weighted by Gasteiger charge is 2.38. The fourth-order valence-corrected chi connectivity index (χ4v) is 4.94. The molecule has 1 aliphatic rings. The number of methoxy groups -OCH3 is 1. The van der Waals surface area contributed by atoms with Gasteiger partial charge in [-0.2, -0.15) is 0 Å². The van der Waals surface area contributed by atoms with Gasteiger partial charge >= 0.3 is 0 Å². The number of anilines is 2. The minimum Gasteiger partial charge on any atom is -0.385 e. The smallest absolute Gasteiger partial charge is 0.278 e. The monoisotopic (exact) mass is 579 g/mol. The number of ether oxygens (including phenoxy) is 1. The van der Waals surface area contributed by atoms with Crippen LogP contribution in [-0.2, 0) is 14.3 Å². The molecule has 0 saturated carbocycles. The van der Waals surface area contributed by atoms with Crippen LogP contribution in [0.3, 0.4) is 0 Å². The van der Waals surface area contributed by atoms with E-state index in [4.69, 9.17) is 4.74 Å². The number of carbonyl (C=O) groups excluding carboxylic acids is 3. The average molecular weight is 581 g/mol. The Kier molecular flexibility index (Phi) is 8.81. The normalized spacial score (nSPS) is 13.3. The molecule has 0 bridgehead atoms. The third-order valence-electron chi connectivity index (χ3n) is 5.59. The van der Waals surface area contributed by atoms with Gasteiger partial charge in [0.2, 0.25) is 0 Å². The molecule has 3 aromatic rings. The summed E-state index contributed by atoms with van der Waals surface area (Å²) in [7, 11) is 1.58. The van der Waals surface area contributed by atoms with E-state index in [9.17, 15) is 14.4 Å². The standard InChI is InChI=1S/C28H26BrN3O4S/c1-18-7-13-21(14-8-18)30-24-25(28(35)32(27(24)34)15-4-16-36-2)37-23-6-3-5-22(17-23)31-26(33)19-9-11-20(29)12-10-19/h3,5-14,17,30H,4,15-16H2,1-2H3,(H,31,33). The molecule has 0 aromatic heterocycles. The molecule has 0 aliphatic carbocycles. The van der Waals surface area contributed by atoms with Crippen LogP contribution < -0.4 is 10.6 Å². The van der Waals surface area contributed by atoms with Gasteiger partial charge in [-0.15, -0.1) is 0 Å². The Morgan fingerprint density at radius 1 is 0.973 bits per heavy atom. The van der Waals surface area contributed by atoms with Gasteiger partial charge in [0.05, 0.1) is 0 Å². The molecule has 3 aromatic carbocycles. The van der Waals surface area contributed by atoms with E-state index in [-0.39, 0.29) is 30.0 Å². The Bertz CT molecular complexity index is 1340. The maximum atomic E-state index is 13.3. The predicted octanol–water partition coefficient (Wildman–Crippen LogP) is 5.83. The van der Waals surface area contributed by atoms with Gasteiger partial charge < -0.3 is 15.4 Å². The van der Waals surface area contributed by atoms with E-state index in [0.29, 0.717) is 39.8 Å². The number of thioether (sulfide) groups is 1. The second kappa shape index (κ2) is 12.2. The Hall–Kier alpha value is -3.40. The molecule has 190 valence electrons. The van der Waals surface area contributed by atoms with Gasteiger partial charge in [0.25, 0.3) is 17.7 Å². The molecule has 4 rings (SSSR count). The molecular formula is C28H26BrN3O4S. The van der Waals surface area contributed by atoms with Crippen LogP contribution in [0.5, 0.6) is 0 Å². The maximum Gasteiger partial charge on any atom is 0.278 e. The van der Waals surface area contributed by atoms with E-state index in [1.165, 1.54) is 16.7 Å². The van der Waals surface area contributed by atoms with Crippen molar-refractivity contribution in [1.82, 2.24) is 4.90 Å². The molecule has 1 aliphatic heterocycles. The van der Waals surface area contributed by atoms with Crippen LogP contribution >= 0.6 is 27.7 Å². The summed E-state index contributed by atoms with van der Waals surface area (Å²) in [5, 5.41) is 6.04. The fourth-order valence-electron chi connectivity index (χ4n) is 3.67. The van der Waals surface area contributed by atoms with Crippen LogP contribution in [0.15, 0.2) is 92.8 Å². The molecule has 0 unspecified atom stereocenters. The summed E-state index contributed by atoms with van der Waals surface area (Å²) in [6.07, 6.45) is 0.543. The van der Waals surface area contributed by atoms with Crippen LogP contribution in [0, 0.1) is 6.92 Å². The van der Waals surface area contributed by atoms with Gasteiger partial charge in [-0.05, 0) is 67.9 Å². The lowest BCUT2D eigenvalue weighted by atomic mass is 10.2. The third kappa shape index (κ3) is 6.68. The number of hydrogen-bond acceptors (Lipinski definition) is 6. The number of carbonyl (C=O) groups is 3. The van der Waals surface area contributed by atoms with E-state index in [0.717, 1.165) is 10.0 Å². The zero-order valence-corrected chi connectivity index (χ0v) is 22.8. The van der Waals surface area contributed by atoms with Crippen LogP contribution in [0.25, 0.3) is 0 Å². The minimum absolute atomic E-state index is 0.237. The van der Waals surface area contributed by atoms with E-state index in [2.05, 4.69) is 26.6 Å². The summed E-state index contributed by atoms with van der Waals surface area (Å²) >= 11 is 4.56. The number of rotatable bonds is 10. The predicted molar refractivity (Wildman–Crippen MR) is 149 cm³/mol. The summed E-state index contributed by atoms with van der Waals surface area (Å²) < 4.78 is 5.98. The lowest BCUT2D eigenvalue weighted by Gasteiger charge is -2.14. The first-order valence-corrected chi connectivity index (χ1v) is 13.2. The molecule has 0 saturated heterocycles. The number of benzene rings is 3. The zero-order chi connectivity index (χ0) is 26.4. The van der Waals surface area contributed by atoms with Crippen LogP contribution in [0.4, 0.5) is 11.4 Å². The van der Waals surface area contributed by atoms with E-state index in [1.807, 2.05) is 37.3 Å². The molecule has 3 amide bonds. The highest BCUT2D eigenvalue weighted by Crippen LogP contribution is 2.37. The summed E-state index contributed by atoms with van der Waals surface area (Å²) in [5.74, 6) is -0.971. The van der Waals surface area contributed by atoms with Crippen molar-refractivity contribution in [1.29, 1.82) is 0 Å². The van der Waals surface area contributed by atoms with Gasteiger partial charge in [0.1, 0.15) is 10.6 Å². The number of imide groups is 1. The van der Waals surface area contributed by atoms with Crippen molar-refractivity contribution in [2.24, 2.45) is 0 Å². The Morgan fingerprint density at radius 2 is 1.70 bits per heavy atom. The fraction of sp³-hybridized carbons (Fsp3) is 0.179. The first-order chi connectivity index (χ1) is 17.9. The van der Waals surface area contributed by atoms with Crippen molar-refractivity contribution in [2.75, 3.05) is 30.9 Å². The van der Waals surface area contributed by atoms with Crippen LogP contribution in [-0.4, -0.2) is 42.9 Å². The number of halogens is 1. The van der Waals surface area contributed by atoms with E-state index in [1.54, 1.807) is 49.6 Å². The van der Waals surface area contributed by atoms with Crippen LogP contribution in [0.2, 0.25) is 0 Å². The lowest BCUT2D eigenvalue weighted by molar-refractivity contribution is -0.137. The molecule has 1 heterocycles.